The number of nitrogens with two attached hydrogens (primary N) is 1. The summed E-state index contributed by atoms with van der Waals surface area (Å²) in [5.74, 6) is 1.56. The van der Waals surface area contributed by atoms with Crippen LogP contribution in [0.1, 0.15) is 22.7 Å². The van der Waals surface area contributed by atoms with E-state index in [0.717, 1.165) is 6.07 Å². The van der Waals surface area contributed by atoms with E-state index in [9.17, 15) is 17.6 Å². The molecule has 1 atom stereocenters. The number of hydrazine groups is 1. The number of nitrogens with one attached hydrogen (secondary N) is 1. The largest absolute Gasteiger partial charge is 0.271 e. The molecule has 0 radical (unpaired) electrons. The van der Waals surface area contributed by atoms with Crippen molar-refractivity contribution in [3.05, 3.63) is 70.3 Å². The van der Waals surface area contributed by atoms with Gasteiger partial charge >= 0.3 is 0 Å². The van der Waals surface area contributed by atoms with Crippen LogP contribution < -0.4 is 11.3 Å². The minimum Gasteiger partial charge on any atom is -0.271 e. The van der Waals surface area contributed by atoms with Gasteiger partial charge < -0.3 is 0 Å². The predicted octanol–water partition coefficient (Wildman–Crippen LogP) is 3.10. The maximum absolute atomic E-state index is 13.7. The van der Waals surface area contributed by atoms with Crippen molar-refractivity contribution in [3.63, 3.8) is 0 Å². The molecule has 0 aliphatic carbocycles. The van der Waals surface area contributed by atoms with Crippen LogP contribution in [-0.2, 0) is 0 Å². The Morgan fingerprint density at radius 2 is 1.55 bits per heavy atom. The lowest BCUT2D eigenvalue weighted by atomic mass is 9.97. The van der Waals surface area contributed by atoms with E-state index in [1.54, 1.807) is 6.92 Å². The standard InChI is InChI=1S/C14H12F4N2/c1-7-2-3-8(4-10(7)16)14(20-19)13-11(17)5-9(15)6-12(13)18/h2-6,14,20H,19H2,1H3. The molecule has 0 aromatic heterocycles. The van der Waals surface area contributed by atoms with E-state index in [0.29, 0.717) is 17.7 Å². The molecule has 3 N–H and O–H groups in total. The lowest BCUT2D eigenvalue weighted by molar-refractivity contribution is 0.490. The van der Waals surface area contributed by atoms with Crippen LogP contribution >= 0.6 is 0 Å². The first-order valence-electron chi connectivity index (χ1n) is 5.80. The maximum Gasteiger partial charge on any atom is 0.134 e. The highest BCUT2D eigenvalue weighted by Gasteiger charge is 2.22. The molecule has 0 aliphatic rings. The summed E-state index contributed by atoms with van der Waals surface area (Å²) in [7, 11) is 0. The van der Waals surface area contributed by atoms with Crippen LogP contribution in [0.15, 0.2) is 30.3 Å². The summed E-state index contributed by atoms with van der Waals surface area (Å²) in [6.45, 7) is 1.56. The van der Waals surface area contributed by atoms with E-state index in [4.69, 9.17) is 5.84 Å². The molecule has 0 saturated carbocycles. The third-order valence-electron chi connectivity index (χ3n) is 3.03. The first kappa shape index (κ1) is 14.5. The number of hydrogen-bond donors (Lipinski definition) is 2. The molecule has 0 heterocycles. The molecule has 0 spiro atoms. The monoisotopic (exact) mass is 284 g/mol. The Balaban J connectivity index is 2.55. The molecule has 0 amide bonds. The fraction of sp³-hybridized carbons (Fsp3) is 0.143. The molecule has 0 fully saturated rings. The van der Waals surface area contributed by atoms with Gasteiger partial charge in [0.1, 0.15) is 23.3 Å². The first-order chi connectivity index (χ1) is 9.43. The Hall–Kier alpha value is -1.92. The average Bonchev–Trinajstić information content (AvgIpc) is 2.37. The van der Waals surface area contributed by atoms with Crippen LogP contribution in [0.5, 0.6) is 0 Å². The second-order valence-electron chi connectivity index (χ2n) is 4.39. The molecule has 20 heavy (non-hydrogen) atoms. The van der Waals surface area contributed by atoms with Crippen molar-refractivity contribution in [1.82, 2.24) is 5.43 Å². The van der Waals surface area contributed by atoms with E-state index in [-0.39, 0.29) is 5.56 Å². The van der Waals surface area contributed by atoms with Gasteiger partial charge in [-0.2, -0.15) is 0 Å². The molecule has 2 aromatic rings. The van der Waals surface area contributed by atoms with Gasteiger partial charge in [-0.1, -0.05) is 12.1 Å². The summed E-state index contributed by atoms with van der Waals surface area (Å²) < 4.78 is 53.9. The number of rotatable bonds is 3. The van der Waals surface area contributed by atoms with Crippen LogP contribution in [0.4, 0.5) is 17.6 Å². The molecule has 0 aliphatic heterocycles. The molecule has 1 unspecified atom stereocenters. The Morgan fingerprint density at radius 1 is 0.950 bits per heavy atom. The van der Waals surface area contributed by atoms with Crippen LogP contribution in [0.3, 0.4) is 0 Å². The van der Waals surface area contributed by atoms with E-state index >= 15 is 0 Å². The molecule has 0 bridgehead atoms. The van der Waals surface area contributed by atoms with E-state index < -0.39 is 34.9 Å². The highest BCUT2D eigenvalue weighted by Crippen LogP contribution is 2.28. The molecule has 2 aromatic carbocycles. The number of benzene rings is 2. The van der Waals surface area contributed by atoms with E-state index in [2.05, 4.69) is 5.43 Å². The van der Waals surface area contributed by atoms with Crippen LogP contribution in [0.25, 0.3) is 0 Å². The third-order valence-corrected chi connectivity index (χ3v) is 3.03. The quantitative estimate of drug-likeness (QED) is 0.516. The van der Waals surface area contributed by atoms with E-state index in [1.807, 2.05) is 0 Å². The lowest BCUT2D eigenvalue weighted by Crippen LogP contribution is -2.30. The van der Waals surface area contributed by atoms with Gasteiger partial charge in [0, 0.05) is 17.7 Å². The summed E-state index contributed by atoms with van der Waals surface area (Å²) in [4.78, 5) is 0. The highest BCUT2D eigenvalue weighted by molar-refractivity contribution is 5.35. The van der Waals surface area contributed by atoms with Gasteiger partial charge in [0.15, 0.2) is 0 Å². The molecule has 106 valence electrons. The Labute approximate surface area is 113 Å². The number of hydrogen-bond acceptors (Lipinski definition) is 2. The minimum atomic E-state index is -1.12. The van der Waals surface area contributed by atoms with Crippen molar-refractivity contribution in [3.8, 4) is 0 Å². The first-order valence-corrected chi connectivity index (χ1v) is 5.80. The van der Waals surface area contributed by atoms with Crippen LogP contribution in [0, 0.1) is 30.2 Å². The van der Waals surface area contributed by atoms with Crippen molar-refractivity contribution < 1.29 is 17.6 Å². The summed E-state index contributed by atoms with van der Waals surface area (Å²) in [5.41, 5.74) is 2.38. The second-order valence-corrected chi connectivity index (χ2v) is 4.39. The molecule has 0 saturated heterocycles. The van der Waals surface area contributed by atoms with Gasteiger partial charge in [-0.3, -0.25) is 5.84 Å². The smallest absolute Gasteiger partial charge is 0.134 e. The normalized spacial score (nSPS) is 12.5. The third kappa shape index (κ3) is 2.66. The Morgan fingerprint density at radius 3 is 2.05 bits per heavy atom. The fourth-order valence-corrected chi connectivity index (χ4v) is 1.96. The zero-order chi connectivity index (χ0) is 14.9. The van der Waals surface area contributed by atoms with Crippen molar-refractivity contribution in [2.24, 2.45) is 5.84 Å². The summed E-state index contributed by atoms with van der Waals surface area (Å²) in [6, 6.07) is 4.06. The summed E-state index contributed by atoms with van der Waals surface area (Å²) in [6.07, 6.45) is 0. The van der Waals surface area contributed by atoms with Crippen LogP contribution in [0.2, 0.25) is 0 Å². The van der Waals surface area contributed by atoms with Crippen molar-refractivity contribution in [1.29, 1.82) is 0 Å². The second kappa shape index (κ2) is 5.60. The van der Waals surface area contributed by atoms with Gasteiger partial charge in [0.25, 0.3) is 0 Å². The predicted molar refractivity (Wildman–Crippen MR) is 66.6 cm³/mol. The van der Waals surface area contributed by atoms with Crippen molar-refractivity contribution >= 4 is 0 Å². The van der Waals surface area contributed by atoms with E-state index in [1.165, 1.54) is 12.1 Å². The van der Waals surface area contributed by atoms with Gasteiger partial charge in [-0.25, -0.2) is 23.0 Å². The SMILES string of the molecule is Cc1ccc(C(NN)c2c(F)cc(F)cc2F)cc1F. The van der Waals surface area contributed by atoms with Gasteiger partial charge in [0.05, 0.1) is 6.04 Å². The molecule has 2 rings (SSSR count). The molecular formula is C14H12F4N2. The van der Waals surface area contributed by atoms with Crippen molar-refractivity contribution in [2.75, 3.05) is 0 Å². The highest BCUT2D eigenvalue weighted by atomic mass is 19.1. The van der Waals surface area contributed by atoms with Crippen molar-refractivity contribution in [2.45, 2.75) is 13.0 Å². The Kier molecular flexibility index (Phi) is 4.06. The molecule has 2 nitrogen and oxygen atoms in total. The maximum atomic E-state index is 13.7. The average molecular weight is 284 g/mol. The topological polar surface area (TPSA) is 38.0 Å². The van der Waals surface area contributed by atoms with Gasteiger partial charge in [0.2, 0.25) is 0 Å². The Bertz CT molecular complexity index is 620. The minimum absolute atomic E-state index is 0.236. The van der Waals surface area contributed by atoms with Gasteiger partial charge in [-0.05, 0) is 24.1 Å². The molecular weight excluding hydrogens is 272 g/mol. The zero-order valence-electron chi connectivity index (χ0n) is 10.6. The lowest BCUT2D eigenvalue weighted by Gasteiger charge is -2.18. The van der Waals surface area contributed by atoms with Gasteiger partial charge in [-0.15, -0.1) is 0 Å². The summed E-state index contributed by atoms with van der Waals surface area (Å²) in [5, 5.41) is 0. The fourth-order valence-electron chi connectivity index (χ4n) is 1.96. The number of aryl methyl sites for hydroxylation is 1. The number of halogens is 4. The molecule has 6 heteroatoms. The zero-order valence-corrected chi connectivity index (χ0v) is 10.6. The summed E-state index contributed by atoms with van der Waals surface area (Å²) >= 11 is 0. The van der Waals surface area contributed by atoms with Crippen LogP contribution in [-0.4, -0.2) is 0 Å².